The average molecular weight is 370 g/mol. The van der Waals surface area contributed by atoms with Gasteiger partial charge in [0.15, 0.2) is 18.1 Å². The van der Waals surface area contributed by atoms with Gasteiger partial charge in [-0.05, 0) is 42.3 Å². The fraction of sp³-hybridized carbons (Fsp3) is 0.250. The van der Waals surface area contributed by atoms with Gasteiger partial charge in [-0.15, -0.1) is 0 Å². The molecule has 1 heterocycles. The van der Waals surface area contributed by atoms with Crippen molar-refractivity contribution in [3.8, 4) is 11.5 Å². The number of nitrogens with zero attached hydrogens (tertiary/aromatic N) is 1. The van der Waals surface area contributed by atoms with E-state index >= 15 is 0 Å². The van der Waals surface area contributed by atoms with E-state index in [0.717, 1.165) is 11.1 Å². The summed E-state index contributed by atoms with van der Waals surface area (Å²) in [6, 6.07) is 8.87. The van der Waals surface area contributed by atoms with Crippen LogP contribution in [0.5, 0.6) is 11.5 Å². The number of ether oxygens (including phenoxy) is 3. The topological polar surface area (TPSA) is 86.8 Å². The normalized spacial score (nSPS) is 10.4. The molecule has 7 heteroatoms. The number of amides is 1. The molecule has 1 amide bonds. The zero-order chi connectivity index (χ0) is 19.5. The third-order valence-electron chi connectivity index (χ3n) is 3.46. The molecule has 0 unspecified atom stereocenters. The summed E-state index contributed by atoms with van der Waals surface area (Å²) >= 11 is 0. The predicted molar refractivity (Wildman–Crippen MR) is 100 cm³/mol. The minimum absolute atomic E-state index is 0.195. The van der Waals surface area contributed by atoms with Gasteiger partial charge in [0.2, 0.25) is 5.91 Å². The van der Waals surface area contributed by atoms with E-state index in [1.807, 2.05) is 6.07 Å². The smallest absolute Gasteiger partial charge is 0.344 e. The number of rotatable bonds is 9. The zero-order valence-corrected chi connectivity index (χ0v) is 15.3. The van der Waals surface area contributed by atoms with E-state index in [1.165, 1.54) is 13.2 Å². The molecule has 1 aromatic heterocycles. The standard InChI is InChI=1S/C20H22N2O5/c1-3-26-20(24)14-27-17-8-6-16(11-18(17)25-2)13-22-19(23)9-7-15-5-4-10-21-12-15/h4-12H,3,13-14H2,1-2H3,(H,22,23)/b9-7+. The highest BCUT2D eigenvalue weighted by Gasteiger charge is 2.09. The highest BCUT2D eigenvalue weighted by molar-refractivity contribution is 5.91. The van der Waals surface area contributed by atoms with E-state index in [0.29, 0.717) is 24.7 Å². The Hall–Kier alpha value is -3.35. The molecule has 27 heavy (non-hydrogen) atoms. The molecule has 0 saturated heterocycles. The molecule has 2 rings (SSSR count). The molecule has 0 spiro atoms. The molecule has 142 valence electrons. The second-order valence-corrected chi connectivity index (χ2v) is 5.42. The van der Waals surface area contributed by atoms with Crippen molar-refractivity contribution in [2.45, 2.75) is 13.5 Å². The summed E-state index contributed by atoms with van der Waals surface area (Å²) in [4.78, 5) is 27.3. The highest BCUT2D eigenvalue weighted by Crippen LogP contribution is 2.28. The van der Waals surface area contributed by atoms with Gasteiger partial charge in [0.1, 0.15) is 0 Å². The number of esters is 1. The maximum Gasteiger partial charge on any atom is 0.344 e. The van der Waals surface area contributed by atoms with Crippen molar-refractivity contribution in [1.29, 1.82) is 0 Å². The molecule has 7 nitrogen and oxygen atoms in total. The summed E-state index contributed by atoms with van der Waals surface area (Å²) < 4.78 is 15.5. The molecule has 1 aromatic carbocycles. The molecule has 0 fully saturated rings. The minimum Gasteiger partial charge on any atom is -0.493 e. The lowest BCUT2D eigenvalue weighted by molar-refractivity contribution is -0.145. The van der Waals surface area contributed by atoms with E-state index in [-0.39, 0.29) is 12.5 Å². The van der Waals surface area contributed by atoms with E-state index in [2.05, 4.69) is 10.3 Å². The van der Waals surface area contributed by atoms with Gasteiger partial charge in [-0.25, -0.2) is 4.79 Å². The Morgan fingerprint density at radius 2 is 2.07 bits per heavy atom. The van der Waals surface area contributed by atoms with Gasteiger partial charge >= 0.3 is 5.97 Å². The summed E-state index contributed by atoms with van der Waals surface area (Å²) in [6.45, 7) is 2.16. The third-order valence-corrected chi connectivity index (χ3v) is 3.46. The Labute approximate surface area is 158 Å². The molecule has 2 aromatic rings. The average Bonchev–Trinajstić information content (AvgIpc) is 2.70. The van der Waals surface area contributed by atoms with E-state index in [1.54, 1.807) is 49.7 Å². The van der Waals surface area contributed by atoms with E-state index in [4.69, 9.17) is 14.2 Å². The first kappa shape index (κ1) is 20.0. The zero-order valence-electron chi connectivity index (χ0n) is 15.3. The summed E-state index contributed by atoms with van der Waals surface area (Å²) in [5.74, 6) is 0.228. The molecule has 0 aliphatic heterocycles. The van der Waals surface area contributed by atoms with Crippen LogP contribution >= 0.6 is 0 Å². The number of aromatic nitrogens is 1. The van der Waals surface area contributed by atoms with E-state index in [9.17, 15) is 9.59 Å². The van der Waals surface area contributed by atoms with E-state index < -0.39 is 5.97 Å². The molecule has 0 aliphatic carbocycles. The van der Waals surface area contributed by atoms with Gasteiger partial charge in [-0.1, -0.05) is 12.1 Å². The van der Waals surface area contributed by atoms with Crippen molar-refractivity contribution in [1.82, 2.24) is 10.3 Å². The number of pyridine rings is 1. The maximum absolute atomic E-state index is 11.9. The van der Waals surface area contributed by atoms with Crippen LogP contribution in [-0.2, 0) is 20.9 Å². The molecular formula is C20H22N2O5. The predicted octanol–water partition coefficient (Wildman–Crippen LogP) is 2.36. The number of hydrogen-bond donors (Lipinski definition) is 1. The van der Waals surface area contributed by atoms with Gasteiger partial charge in [-0.3, -0.25) is 9.78 Å². The quantitative estimate of drug-likeness (QED) is 0.539. The van der Waals surface area contributed by atoms with Crippen LogP contribution in [0.3, 0.4) is 0 Å². The van der Waals surface area contributed by atoms with Crippen molar-refractivity contribution in [2.75, 3.05) is 20.3 Å². The molecule has 0 saturated carbocycles. The largest absolute Gasteiger partial charge is 0.493 e. The molecular weight excluding hydrogens is 348 g/mol. The summed E-state index contributed by atoms with van der Waals surface area (Å²) in [6.07, 6.45) is 6.48. The Kier molecular flexibility index (Phi) is 7.84. The Morgan fingerprint density at radius 3 is 2.78 bits per heavy atom. The lowest BCUT2D eigenvalue weighted by atomic mass is 10.2. The van der Waals surface area contributed by atoms with Crippen LogP contribution in [0, 0.1) is 0 Å². The van der Waals surface area contributed by atoms with Crippen molar-refractivity contribution in [3.63, 3.8) is 0 Å². The van der Waals surface area contributed by atoms with Crippen LogP contribution in [-0.4, -0.2) is 37.2 Å². The highest BCUT2D eigenvalue weighted by atomic mass is 16.6. The van der Waals surface area contributed by atoms with Gasteiger partial charge < -0.3 is 19.5 Å². The van der Waals surface area contributed by atoms with Crippen LogP contribution in [0.4, 0.5) is 0 Å². The number of hydrogen-bond acceptors (Lipinski definition) is 6. The lowest BCUT2D eigenvalue weighted by Gasteiger charge is -2.12. The van der Waals surface area contributed by atoms with Crippen molar-refractivity contribution < 1.29 is 23.8 Å². The molecule has 0 radical (unpaired) electrons. The first-order valence-electron chi connectivity index (χ1n) is 8.43. The summed E-state index contributed by atoms with van der Waals surface area (Å²) in [7, 11) is 1.51. The third kappa shape index (κ3) is 6.81. The monoisotopic (exact) mass is 370 g/mol. The Balaban J connectivity index is 1.90. The molecule has 1 N–H and O–H groups in total. The first-order valence-corrected chi connectivity index (χ1v) is 8.43. The van der Waals surface area contributed by atoms with Gasteiger partial charge in [-0.2, -0.15) is 0 Å². The maximum atomic E-state index is 11.9. The minimum atomic E-state index is -0.448. The SMILES string of the molecule is CCOC(=O)COc1ccc(CNC(=O)/C=C/c2cccnc2)cc1OC. The second-order valence-electron chi connectivity index (χ2n) is 5.42. The number of carbonyl (C=O) groups is 2. The number of carbonyl (C=O) groups excluding carboxylic acids is 2. The Bertz CT molecular complexity index is 790. The van der Waals surface area contributed by atoms with Crippen LogP contribution < -0.4 is 14.8 Å². The van der Waals surface area contributed by atoms with Crippen LogP contribution in [0.15, 0.2) is 48.8 Å². The fourth-order valence-corrected chi connectivity index (χ4v) is 2.18. The first-order chi connectivity index (χ1) is 13.1. The molecule has 0 aliphatic rings. The molecule has 0 atom stereocenters. The lowest BCUT2D eigenvalue weighted by Crippen LogP contribution is -2.20. The number of benzene rings is 1. The summed E-state index contributed by atoms with van der Waals surface area (Å²) in [5.41, 5.74) is 1.68. The van der Waals surface area contributed by atoms with Gasteiger partial charge in [0.25, 0.3) is 0 Å². The number of nitrogens with one attached hydrogen (secondary N) is 1. The molecule has 0 bridgehead atoms. The second kappa shape index (κ2) is 10.6. The van der Waals surface area contributed by atoms with Crippen LogP contribution in [0.2, 0.25) is 0 Å². The fourth-order valence-electron chi connectivity index (χ4n) is 2.18. The van der Waals surface area contributed by atoms with Crippen molar-refractivity contribution in [3.05, 3.63) is 59.9 Å². The van der Waals surface area contributed by atoms with Crippen LogP contribution in [0.25, 0.3) is 6.08 Å². The van der Waals surface area contributed by atoms with Crippen molar-refractivity contribution >= 4 is 18.0 Å². The van der Waals surface area contributed by atoms with Gasteiger partial charge in [0.05, 0.1) is 13.7 Å². The summed E-state index contributed by atoms with van der Waals surface area (Å²) in [5, 5.41) is 2.79. The van der Waals surface area contributed by atoms with Crippen molar-refractivity contribution in [2.24, 2.45) is 0 Å². The van der Waals surface area contributed by atoms with Gasteiger partial charge in [0, 0.05) is 25.0 Å². The number of methoxy groups -OCH3 is 1. The Morgan fingerprint density at radius 1 is 1.22 bits per heavy atom. The van der Waals surface area contributed by atoms with Crippen LogP contribution in [0.1, 0.15) is 18.1 Å².